The normalized spacial score (nSPS) is 23.6. The van der Waals surface area contributed by atoms with E-state index in [1.165, 1.54) is 5.56 Å². The summed E-state index contributed by atoms with van der Waals surface area (Å²) < 4.78 is 10.6. The standard InChI is InChI=1S/C30H39N3O4/c1-3-37-29(35)33-21-25(27(22-33)24-7-5-4-6-8-24)20-31-16-13-30(14-17-31)15-18-32(28(30)34)19-23-9-11-26(36-2)12-10-23/h4-12,25,27H,3,13-22H2,1-2H3/t25-,27?/m0/s1. The molecule has 1 unspecified atom stereocenters. The minimum Gasteiger partial charge on any atom is -0.497 e. The van der Waals surface area contributed by atoms with Gasteiger partial charge in [0.25, 0.3) is 0 Å². The molecule has 3 heterocycles. The van der Waals surface area contributed by atoms with Crippen LogP contribution in [0.1, 0.15) is 43.2 Å². The molecule has 3 fully saturated rings. The van der Waals surface area contributed by atoms with Gasteiger partial charge in [0, 0.05) is 38.6 Å². The van der Waals surface area contributed by atoms with Crippen LogP contribution in [0, 0.1) is 11.3 Å². The number of likely N-dealkylation sites (tertiary alicyclic amines) is 3. The Labute approximate surface area is 220 Å². The van der Waals surface area contributed by atoms with Crippen molar-refractivity contribution < 1.29 is 19.1 Å². The summed E-state index contributed by atoms with van der Waals surface area (Å²) in [5, 5.41) is 0. The number of hydrogen-bond donors (Lipinski definition) is 0. The van der Waals surface area contributed by atoms with Crippen molar-refractivity contribution in [3.63, 3.8) is 0 Å². The fourth-order valence-corrected chi connectivity index (χ4v) is 6.45. The van der Waals surface area contributed by atoms with Gasteiger partial charge in [0.05, 0.1) is 19.1 Å². The molecule has 1 spiro atoms. The van der Waals surface area contributed by atoms with Gasteiger partial charge in [0.2, 0.25) is 5.91 Å². The Morgan fingerprint density at radius 1 is 0.973 bits per heavy atom. The van der Waals surface area contributed by atoms with Crippen molar-refractivity contribution in [3.05, 3.63) is 65.7 Å². The number of piperidine rings is 1. The van der Waals surface area contributed by atoms with E-state index >= 15 is 0 Å². The zero-order chi connectivity index (χ0) is 25.8. The lowest BCUT2D eigenvalue weighted by molar-refractivity contribution is -0.139. The Kier molecular flexibility index (Phi) is 7.70. The highest BCUT2D eigenvalue weighted by atomic mass is 16.6. The average Bonchev–Trinajstić information content (AvgIpc) is 3.48. The van der Waals surface area contributed by atoms with Crippen LogP contribution in [0.3, 0.4) is 0 Å². The number of carbonyl (C=O) groups is 2. The summed E-state index contributed by atoms with van der Waals surface area (Å²) in [6, 6.07) is 18.5. The van der Waals surface area contributed by atoms with Gasteiger partial charge < -0.3 is 24.2 Å². The predicted molar refractivity (Wildman–Crippen MR) is 142 cm³/mol. The van der Waals surface area contributed by atoms with Crippen molar-refractivity contribution in [2.24, 2.45) is 11.3 Å². The molecule has 0 radical (unpaired) electrons. The first-order chi connectivity index (χ1) is 18.0. The molecule has 37 heavy (non-hydrogen) atoms. The lowest BCUT2D eigenvalue weighted by Gasteiger charge is -2.39. The summed E-state index contributed by atoms with van der Waals surface area (Å²) in [6.45, 7) is 7.96. The molecular weight excluding hydrogens is 466 g/mol. The van der Waals surface area contributed by atoms with Crippen molar-refractivity contribution in [2.45, 2.75) is 38.6 Å². The maximum Gasteiger partial charge on any atom is 0.409 e. The second kappa shape index (κ2) is 11.1. The van der Waals surface area contributed by atoms with E-state index < -0.39 is 0 Å². The quantitative estimate of drug-likeness (QED) is 0.559. The van der Waals surface area contributed by atoms with E-state index in [4.69, 9.17) is 9.47 Å². The highest BCUT2D eigenvalue weighted by Crippen LogP contribution is 2.43. The lowest BCUT2D eigenvalue weighted by Crippen LogP contribution is -2.46. The molecular formula is C30H39N3O4. The van der Waals surface area contributed by atoms with E-state index in [1.54, 1.807) is 7.11 Å². The second-order valence-electron chi connectivity index (χ2n) is 10.8. The van der Waals surface area contributed by atoms with Gasteiger partial charge >= 0.3 is 6.09 Å². The first kappa shape index (κ1) is 25.6. The minimum atomic E-state index is -0.214. The largest absolute Gasteiger partial charge is 0.497 e. The minimum absolute atomic E-state index is 0.211. The van der Waals surface area contributed by atoms with E-state index in [0.717, 1.165) is 56.8 Å². The molecule has 0 aromatic heterocycles. The zero-order valence-corrected chi connectivity index (χ0v) is 22.1. The molecule has 0 N–H and O–H groups in total. The van der Waals surface area contributed by atoms with Crippen molar-refractivity contribution >= 4 is 12.0 Å². The van der Waals surface area contributed by atoms with Crippen LogP contribution < -0.4 is 4.74 Å². The van der Waals surface area contributed by atoms with Crippen LogP contribution in [0.25, 0.3) is 0 Å². The molecule has 3 aliphatic rings. The van der Waals surface area contributed by atoms with Crippen molar-refractivity contribution in [1.82, 2.24) is 14.7 Å². The second-order valence-corrected chi connectivity index (χ2v) is 10.8. The summed E-state index contributed by atoms with van der Waals surface area (Å²) in [7, 11) is 1.67. The van der Waals surface area contributed by atoms with E-state index in [1.807, 2.05) is 47.1 Å². The van der Waals surface area contributed by atoms with Crippen molar-refractivity contribution in [1.29, 1.82) is 0 Å². The van der Waals surface area contributed by atoms with E-state index in [-0.39, 0.29) is 11.5 Å². The van der Waals surface area contributed by atoms with Crippen molar-refractivity contribution in [2.75, 3.05) is 53.0 Å². The van der Waals surface area contributed by atoms with Crippen LogP contribution in [-0.2, 0) is 16.1 Å². The van der Waals surface area contributed by atoms with Gasteiger partial charge in [-0.1, -0.05) is 42.5 Å². The highest BCUT2D eigenvalue weighted by Gasteiger charge is 2.48. The van der Waals surface area contributed by atoms with E-state index in [2.05, 4.69) is 29.2 Å². The summed E-state index contributed by atoms with van der Waals surface area (Å²) in [4.78, 5) is 32.4. The number of carbonyl (C=O) groups excluding carboxylic acids is 2. The molecule has 198 valence electrons. The Morgan fingerprint density at radius 3 is 2.35 bits per heavy atom. The Bertz CT molecular complexity index is 1070. The molecule has 2 atom stereocenters. The fraction of sp³-hybridized carbons (Fsp3) is 0.533. The first-order valence-electron chi connectivity index (χ1n) is 13.6. The zero-order valence-electron chi connectivity index (χ0n) is 22.1. The molecule has 5 rings (SSSR count). The number of ether oxygens (including phenoxy) is 2. The Morgan fingerprint density at radius 2 is 1.68 bits per heavy atom. The van der Waals surface area contributed by atoms with Gasteiger partial charge in [-0.2, -0.15) is 0 Å². The van der Waals surface area contributed by atoms with Crippen LogP contribution in [0.4, 0.5) is 4.79 Å². The molecule has 2 amide bonds. The van der Waals surface area contributed by atoms with Gasteiger partial charge in [-0.05, 0) is 68.5 Å². The van der Waals surface area contributed by atoms with Crippen LogP contribution >= 0.6 is 0 Å². The molecule has 0 bridgehead atoms. The number of benzene rings is 2. The van der Waals surface area contributed by atoms with Gasteiger partial charge in [-0.15, -0.1) is 0 Å². The third-order valence-corrected chi connectivity index (χ3v) is 8.63. The molecule has 0 aliphatic carbocycles. The number of amides is 2. The summed E-state index contributed by atoms with van der Waals surface area (Å²) in [6.07, 6.45) is 2.56. The Balaban J connectivity index is 1.19. The lowest BCUT2D eigenvalue weighted by atomic mass is 9.76. The summed E-state index contributed by atoms with van der Waals surface area (Å²) in [5.74, 6) is 1.81. The predicted octanol–water partition coefficient (Wildman–Crippen LogP) is 4.38. The number of hydrogen-bond acceptors (Lipinski definition) is 5. The Hall–Kier alpha value is -3.06. The van der Waals surface area contributed by atoms with E-state index in [0.29, 0.717) is 44.0 Å². The topological polar surface area (TPSA) is 62.3 Å². The van der Waals surface area contributed by atoms with Crippen LogP contribution in [-0.4, -0.2) is 79.7 Å². The van der Waals surface area contributed by atoms with Crippen LogP contribution in [0.2, 0.25) is 0 Å². The maximum atomic E-state index is 13.5. The SMILES string of the molecule is CCOC(=O)N1CC(c2ccccc2)[C@@H](CN2CCC3(CC2)CCN(Cc2ccc(OC)cc2)C3=O)C1. The van der Waals surface area contributed by atoms with Gasteiger partial charge in [-0.25, -0.2) is 4.79 Å². The average molecular weight is 506 g/mol. The molecule has 3 saturated heterocycles. The van der Waals surface area contributed by atoms with Gasteiger partial charge in [-0.3, -0.25) is 4.79 Å². The summed E-state index contributed by atoms with van der Waals surface area (Å²) >= 11 is 0. The number of nitrogens with zero attached hydrogens (tertiary/aromatic N) is 3. The third kappa shape index (κ3) is 5.47. The summed E-state index contributed by atoms with van der Waals surface area (Å²) in [5.41, 5.74) is 2.21. The molecule has 2 aromatic rings. The van der Waals surface area contributed by atoms with Gasteiger partial charge in [0.1, 0.15) is 5.75 Å². The monoisotopic (exact) mass is 505 g/mol. The number of rotatable bonds is 7. The highest BCUT2D eigenvalue weighted by molar-refractivity contribution is 5.85. The first-order valence-corrected chi connectivity index (χ1v) is 13.6. The van der Waals surface area contributed by atoms with E-state index in [9.17, 15) is 9.59 Å². The smallest absolute Gasteiger partial charge is 0.409 e. The molecule has 7 heteroatoms. The van der Waals surface area contributed by atoms with Gasteiger partial charge in [0.15, 0.2) is 0 Å². The molecule has 7 nitrogen and oxygen atoms in total. The van der Waals surface area contributed by atoms with Crippen LogP contribution in [0.15, 0.2) is 54.6 Å². The number of methoxy groups -OCH3 is 1. The van der Waals surface area contributed by atoms with Crippen molar-refractivity contribution in [3.8, 4) is 5.75 Å². The van der Waals surface area contributed by atoms with Crippen LogP contribution in [0.5, 0.6) is 5.75 Å². The molecule has 2 aromatic carbocycles. The maximum absolute atomic E-state index is 13.5. The fourth-order valence-electron chi connectivity index (χ4n) is 6.45. The molecule has 0 saturated carbocycles. The third-order valence-electron chi connectivity index (χ3n) is 8.63. The molecule has 3 aliphatic heterocycles.